The number of nitro groups is 1. The summed E-state index contributed by atoms with van der Waals surface area (Å²) >= 11 is 0. The SMILES string of the molecule is CN(C)c1cc(NCc2ccc([N+](=O)[O-])o2)c(O)c2c1C[C@@H]1C[C@@H]3[C@@H](N(C)C)C(O)C(C(N)=O)C(=O)[C@]3(O)C(=O)C1=C2O. The van der Waals surface area contributed by atoms with E-state index < -0.39 is 75.3 Å². The van der Waals surface area contributed by atoms with Crippen molar-refractivity contribution in [2.75, 3.05) is 38.4 Å². The third kappa shape index (κ3) is 4.42. The monoisotopic (exact) mass is 599 g/mol. The number of amides is 1. The van der Waals surface area contributed by atoms with Gasteiger partial charge in [-0.25, -0.2) is 0 Å². The van der Waals surface area contributed by atoms with Crippen molar-refractivity contribution in [2.24, 2.45) is 23.5 Å². The highest BCUT2D eigenvalue weighted by Gasteiger charge is 2.67. The number of likely N-dealkylation sites (N-methyl/N-ethyl adjacent to an activating group) is 1. The van der Waals surface area contributed by atoms with Gasteiger partial charge in [0.2, 0.25) is 11.7 Å². The lowest BCUT2D eigenvalue weighted by atomic mass is 9.54. The number of hydrogen-bond donors (Lipinski definition) is 6. The second-order valence-electron chi connectivity index (χ2n) is 11.7. The summed E-state index contributed by atoms with van der Waals surface area (Å²) in [5, 5.41) is 59.5. The summed E-state index contributed by atoms with van der Waals surface area (Å²) in [6.45, 7) is -0.0648. The van der Waals surface area contributed by atoms with E-state index in [4.69, 9.17) is 10.2 Å². The number of phenolic OH excluding ortho intramolecular Hbond substituents is 1. The largest absolute Gasteiger partial charge is 0.507 e. The fourth-order valence-corrected chi connectivity index (χ4v) is 6.93. The highest BCUT2D eigenvalue weighted by molar-refractivity contribution is 6.25. The molecule has 0 spiro atoms. The zero-order valence-electron chi connectivity index (χ0n) is 23.9. The minimum atomic E-state index is -2.75. The van der Waals surface area contributed by atoms with E-state index in [0.717, 1.165) is 0 Å². The lowest BCUT2D eigenvalue weighted by Crippen LogP contribution is -2.73. The molecule has 1 aromatic heterocycles. The van der Waals surface area contributed by atoms with Gasteiger partial charge in [-0.15, -0.1) is 0 Å². The van der Waals surface area contributed by atoms with Crippen LogP contribution in [0, 0.1) is 27.9 Å². The number of ketones is 2. The zero-order chi connectivity index (χ0) is 31.7. The maximum absolute atomic E-state index is 14.1. The molecule has 0 bridgehead atoms. The Balaban J connectivity index is 1.62. The van der Waals surface area contributed by atoms with Crippen molar-refractivity contribution < 1.29 is 44.2 Å². The number of aliphatic hydroxyl groups excluding tert-OH is 2. The normalized spacial score (nSPS) is 28.3. The van der Waals surface area contributed by atoms with E-state index in [1.54, 1.807) is 39.2 Å². The summed E-state index contributed by atoms with van der Waals surface area (Å²) in [4.78, 5) is 53.3. The molecular weight excluding hydrogens is 566 g/mol. The topological polar surface area (TPSA) is 233 Å². The third-order valence-corrected chi connectivity index (χ3v) is 8.83. The number of nitrogens with zero attached hydrogens (tertiary/aromatic N) is 3. The summed E-state index contributed by atoms with van der Waals surface area (Å²) in [7, 11) is 6.66. The first kappa shape index (κ1) is 30.0. The van der Waals surface area contributed by atoms with Gasteiger partial charge < -0.3 is 45.7 Å². The molecule has 0 saturated heterocycles. The second kappa shape index (κ2) is 10.4. The Morgan fingerprint density at radius 3 is 2.47 bits per heavy atom. The Hall–Kier alpha value is -4.47. The molecule has 3 aliphatic carbocycles. The zero-order valence-corrected chi connectivity index (χ0v) is 23.9. The van der Waals surface area contributed by atoms with Gasteiger partial charge in [0.15, 0.2) is 11.4 Å². The van der Waals surface area contributed by atoms with E-state index in [1.807, 2.05) is 0 Å². The summed E-state index contributed by atoms with van der Waals surface area (Å²) in [6, 6.07) is 3.22. The summed E-state index contributed by atoms with van der Waals surface area (Å²) in [5.74, 6) is -8.52. The van der Waals surface area contributed by atoms with Crippen molar-refractivity contribution in [2.45, 2.75) is 37.1 Å². The average Bonchev–Trinajstić information content (AvgIpc) is 3.39. The highest BCUT2D eigenvalue weighted by atomic mass is 16.6. The van der Waals surface area contributed by atoms with Gasteiger partial charge >= 0.3 is 5.88 Å². The van der Waals surface area contributed by atoms with Crippen LogP contribution < -0.4 is 16.0 Å². The first-order chi connectivity index (χ1) is 20.1. The van der Waals surface area contributed by atoms with Crippen molar-refractivity contribution in [3.05, 3.63) is 50.8 Å². The molecular formula is C28H33N5O10. The smallest absolute Gasteiger partial charge is 0.433 e. The third-order valence-electron chi connectivity index (χ3n) is 8.83. The van der Waals surface area contributed by atoms with Gasteiger partial charge in [0.05, 0.1) is 30.0 Å². The van der Waals surface area contributed by atoms with Crippen LogP contribution in [0.5, 0.6) is 5.75 Å². The quantitative estimate of drug-likeness (QED) is 0.109. The molecule has 6 atom stereocenters. The Morgan fingerprint density at radius 2 is 1.91 bits per heavy atom. The van der Waals surface area contributed by atoms with Crippen molar-refractivity contribution in [3.8, 4) is 5.75 Å². The summed E-state index contributed by atoms with van der Waals surface area (Å²) < 4.78 is 5.16. The first-order valence-electron chi connectivity index (χ1n) is 13.5. The number of carbonyl (C=O) groups is 3. The number of aliphatic hydroxyl groups is 3. The number of rotatable bonds is 7. The predicted octanol–water partition coefficient (Wildman–Crippen LogP) is 0.308. The fraction of sp³-hybridized carbons (Fsp3) is 0.464. The number of benzene rings is 1. The second-order valence-corrected chi connectivity index (χ2v) is 11.7. The molecule has 1 amide bonds. The van der Waals surface area contributed by atoms with E-state index in [9.17, 15) is 44.9 Å². The maximum atomic E-state index is 14.1. The molecule has 2 saturated carbocycles. The molecule has 15 heteroatoms. The van der Waals surface area contributed by atoms with Crippen LogP contribution >= 0.6 is 0 Å². The number of primary amides is 1. The number of Topliss-reactive ketones (excluding diaryl/α,β-unsaturated/α-hetero) is 2. The molecule has 7 N–H and O–H groups in total. The van der Waals surface area contributed by atoms with E-state index in [-0.39, 0.29) is 42.0 Å². The first-order valence-corrected chi connectivity index (χ1v) is 13.5. The van der Waals surface area contributed by atoms with E-state index >= 15 is 0 Å². The number of nitrogens with two attached hydrogens (primary N) is 1. The molecule has 1 aromatic carbocycles. The molecule has 5 rings (SSSR count). The van der Waals surface area contributed by atoms with Crippen LogP contribution in [0.4, 0.5) is 17.3 Å². The van der Waals surface area contributed by atoms with Gasteiger partial charge in [-0.2, -0.15) is 0 Å². The molecule has 1 heterocycles. The summed E-state index contributed by atoms with van der Waals surface area (Å²) in [6.07, 6.45) is -1.43. The van der Waals surface area contributed by atoms with Crippen LogP contribution in [0.1, 0.15) is 23.3 Å². The number of nitrogens with one attached hydrogen (secondary N) is 1. The number of phenols is 1. The van der Waals surface area contributed by atoms with Crippen LogP contribution in [0.25, 0.3) is 5.76 Å². The molecule has 2 fully saturated rings. The predicted molar refractivity (Wildman–Crippen MR) is 151 cm³/mol. The van der Waals surface area contributed by atoms with Crippen LogP contribution in [-0.4, -0.2) is 93.7 Å². The van der Waals surface area contributed by atoms with Crippen LogP contribution in [0.2, 0.25) is 0 Å². The number of hydrogen-bond acceptors (Lipinski definition) is 13. The molecule has 0 radical (unpaired) electrons. The molecule has 2 aromatic rings. The van der Waals surface area contributed by atoms with Crippen molar-refractivity contribution in [1.82, 2.24) is 4.90 Å². The van der Waals surface area contributed by atoms with Gasteiger partial charge in [0, 0.05) is 37.3 Å². The number of furan rings is 1. The van der Waals surface area contributed by atoms with Gasteiger partial charge in [-0.1, -0.05) is 0 Å². The van der Waals surface area contributed by atoms with Gasteiger partial charge in [-0.05, 0) is 50.6 Å². The van der Waals surface area contributed by atoms with Crippen LogP contribution in [-0.2, 0) is 27.3 Å². The molecule has 3 aliphatic rings. The van der Waals surface area contributed by atoms with Gasteiger partial charge in [0.1, 0.15) is 28.1 Å². The van der Waals surface area contributed by atoms with Crippen LogP contribution in [0.3, 0.4) is 0 Å². The van der Waals surface area contributed by atoms with E-state index in [2.05, 4.69) is 5.32 Å². The Bertz CT molecular complexity index is 1580. The van der Waals surface area contributed by atoms with E-state index in [0.29, 0.717) is 11.3 Å². The molecule has 230 valence electrons. The minimum absolute atomic E-state index is 0.00308. The Labute approximate surface area is 245 Å². The lowest BCUT2D eigenvalue weighted by Gasteiger charge is -2.53. The average molecular weight is 600 g/mol. The van der Waals surface area contributed by atoms with Crippen molar-refractivity contribution >= 4 is 40.5 Å². The molecule has 15 nitrogen and oxygen atoms in total. The van der Waals surface area contributed by atoms with E-state index in [1.165, 1.54) is 17.0 Å². The molecule has 43 heavy (non-hydrogen) atoms. The lowest BCUT2D eigenvalue weighted by molar-refractivity contribution is -0.402. The number of fused-ring (bicyclic) bond motifs is 3. The standard InChI is InChI=1S/C28H33N5O10/c1-31(2)16-9-15(30-10-12-5-6-17(43-12)33(41)42)22(34)19-13(16)7-11-8-14-21(32(3)4)24(36)20(27(29)39)26(38)28(14,40)25(37)18(11)23(19)35/h5-6,9,11,14,20-21,24,30,34-36,40H,7-8,10H2,1-4H3,(H2,29,39)/t11-,14-,20?,21-,24?,28-/m1/s1. The summed E-state index contributed by atoms with van der Waals surface area (Å²) in [5.41, 5.74) is 3.52. The Kier molecular flexibility index (Phi) is 7.23. The van der Waals surface area contributed by atoms with Gasteiger partial charge in [0.25, 0.3) is 0 Å². The molecule has 2 unspecified atom stereocenters. The molecule has 0 aliphatic heterocycles. The maximum Gasteiger partial charge on any atom is 0.433 e. The number of carbonyl (C=O) groups excluding carboxylic acids is 3. The Morgan fingerprint density at radius 1 is 1.23 bits per heavy atom. The number of aromatic hydroxyl groups is 1. The van der Waals surface area contributed by atoms with Crippen molar-refractivity contribution in [3.63, 3.8) is 0 Å². The fourth-order valence-electron chi connectivity index (χ4n) is 6.93. The highest BCUT2D eigenvalue weighted by Crippen LogP contribution is 2.54. The van der Waals surface area contributed by atoms with Crippen molar-refractivity contribution in [1.29, 1.82) is 0 Å². The minimum Gasteiger partial charge on any atom is -0.507 e. The van der Waals surface area contributed by atoms with Gasteiger partial charge in [-0.3, -0.25) is 24.5 Å². The number of anilines is 2. The van der Waals surface area contributed by atoms with Crippen LogP contribution in [0.15, 0.2) is 28.2 Å².